The van der Waals surface area contributed by atoms with E-state index in [1.807, 2.05) is 30.3 Å². The van der Waals surface area contributed by atoms with Crippen molar-refractivity contribution in [2.24, 2.45) is 0 Å². The van der Waals surface area contributed by atoms with Gasteiger partial charge in [0.2, 0.25) is 5.91 Å². The van der Waals surface area contributed by atoms with E-state index in [0.29, 0.717) is 17.0 Å². The normalized spacial score (nSPS) is 15.2. The summed E-state index contributed by atoms with van der Waals surface area (Å²) in [5, 5.41) is 3.75. The molecule has 0 unspecified atom stereocenters. The first kappa shape index (κ1) is 17.4. The third-order valence-corrected chi connectivity index (χ3v) is 5.47. The lowest BCUT2D eigenvalue weighted by Gasteiger charge is -2.22. The highest BCUT2D eigenvalue weighted by Gasteiger charge is 2.16. The zero-order chi connectivity index (χ0) is 16.8. The van der Waals surface area contributed by atoms with Gasteiger partial charge in [-0.05, 0) is 31.0 Å². The molecule has 1 N–H and O–H groups in total. The van der Waals surface area contributed by atoms with Gasteiger partial charge in [-0.2, -0.15) is 0 Å². The molecule has 1 aliphatic carbocycles. The van der Waals surface area contributed by atoms with Crippen LogP contribution in [0.2, 0.25) is 0 Å². The molecule has 2 aromatic rings. The van der Waals surface area contributed by atoms with Gasteiger partial charge in [-0.15, -0.1) is 0 Å². The van der Waals surface area contributed by atoms with E-state index < -0.39 is 0 Å². The maximum Gasteiger partial charge on any atom is 0.230 e. The molecule has 1 aromatic heterocycles. The number of rotatable bonds is 5. The molecular weight excluding hydrogens is 386 g/mol. The predicted octanol–water partition coefficient (Wildman–Crippen LogP) is 4.45. The highest BCUT2D eigenvalue weighted by Crippen LogP contribution is 2.22. The maximum absolute atomic E-state index is 12.1. The van der Waals surface area contributed by atoms with E-state index in [9.17, 15) is 4.79 Å². The van der Waals surface area contributed by atoms with E-state index in [1.54, 1.807) is 6.20 Å². The van der Waals surface area contributed by atoms with Gasteiger partial charge in [-0.1, -0.05) is 59.1 Å². The number of halogens is 1. The molecule has 6 heteroatoms. The predicted molar refractivity (Wildman–Crippen MR) is 101 cm³/mol. The maximum atomic E-state index is 12.1. The highest BCUT2D eigenvalue weighted by molar-refractivity contribution is 9.10. The number of carbonyl (C=O) groups is 1. The van der Waals surface area contributed by atoms with Crippen LogP contribution in [0.3, 0.4) is 0 Å². The Morgan fingerprint density at radius 1 is 1.17 bits per heavy atom. The molecule has 0 spiro atoms. The number of nitrogens with one attached hydrogen (secondary N) is 1. The number of thioether (sulfide) groups is 1. The smallest absolute Gasteiger partial charge is 0.230 e. The second kappa shape index (κ2) is 8.62. The van der Waals surface area contributed by atoms with Crippen molar-refractivity contribution in [2.75, 3.05) is 5.75 Å². The Morgan fingerprint density at radius 3 is 2.67 bits per heavy atom. The van der Waals surface area contributed by atoms with Crippen molar-refractivity contribution in [3.8, 4) is 11.3 Å². The van der Waals surface area contributed by atoms with Gasteiger partial charge in [-0.25, -0.2) is 9.97 Å². The average molecular weight is 406 g/mol. The van der Waals surface area contributed by atoms with E-state index in [1.165, 1.54) is 31.0 Å². The first-order valence-electron chi connectivity index (χ1n) is 8.22. The second-order valence-electron chi connectivity index (χ2n) is 5.92. The molecule has 1 aromatic carbocycles. The minimum Gasteiger partial charge on any atom is -0.353 e. The summed E-state index contributed by atoms with van der Waals surface area (Å²) in [4.78, 5) is 20.9. The van der Waals surface area contributed by atoms with Crippen LogP contribution in [-0.2, 0) is 4.79 Å². The van der Waals surface area contributed by atoms with Gasteiger partial charge < -0.3 is 5.32 Å². The molecule has 1 heterocycles. The van der Waals surface area contributed by atoms with Gasteiger partial charge in [0.05, 0.1) is 11.4 Å². The van der Waals surface area contributed by atoms with E-state index in [4.69, 9.17) is 0 Å². The Bertz CT molecular complexity index is 687. The van der Waals surface area contributed by atoms with E-state index in [-0.39, 0.29) is 5.91 Å². The first-order valence-corrected chi connectivity index (χ1v) is 10.00. The van der Waals surface area contributed by atoms with Crippen LogP contribution in [0.15, 0.2) is 46.2 Å². The van der Waals surface area contributed by atoms with E-state index in [2.05, 4.69) is 31.2 Å². The van der Waals surface area contributed by atoms with Crippen LogP contribution < -0.4 is 5.32 Å². The molecule has 0 atom stereocenters. The summed E-state index contributed by atoms with van der Waals surface area (Å²) in [5.41, 5.74) is 1.90. The monoisotopic (exact) mass is 405 g/mol. The lowest BCUT2D eigenvalue weighted by atomic mass is 9.95. The summed E-state index contributed by atoms with van der Waals surface area (Å²) in [7, 11) is 0. The zero-order valence-electron chi connectivity index (χ0n) is 13.4. The number of carbonyl (C=O) groups excluding carboxylic acids is 1. The fourth-order valence-corrected chi connectivity index (χ4v) is 3.74. The molecule has 0 saturated heterocycles. The minimum atomic E-state index is 0.0737. The summed E-state index contributed by atoms with van der Waals surface area (Å²) in [6.45, 7) is 0. The van der Waals surface area contributed by atoms with Crippen molar-refractivity contribution in [3.63, 3.8) is 0 Å². The molecule has 1 aliphatic rings. The summed E-state index contributed by atoms with van der Waals surface area (Å²) < 4.78 is 1.04. The lowest BCUT2D eigenvalue weighted by molar-refractivity contribution is -0.119. The molecule has 0 aliphatic heterocycles. The summed E-state index contributed by atoms with van der Waals surface area (Å²) in [6, 6.07) is 10.2. The SMILES string of the molecule is O=C(CSc1nccc(-c2ccc(Br)cc2)n1)NC1CCCCC1. The fourth-order valence-electron chi connectivity index (χ4n) is 2.84. The van der Waals surface area contributed by atoms with Crippen LogP contribution >= 0.6 is 27.7 Å². The molecule has 1 saturated carbocycles. The van der Waals surface area contributed by atoms with Crippen LogP contribution in [0.25, 0.3) is 11.3 Å². The van der Waals surface area contributed by atoms with Crippen molar-refractivity contribution in [1.29, 1.82) is 0 Å². The molecule has 126 valence electrons. The van der Waals surface area contributed by atoms with E-state index in [0.717, 1.165) is 28.6 Å². The number of hydrogen-bond donors (Lipinski definition) is 1. The van der Waals surface area contributed by atoms with Gasteiger partial charge in [0.15, 0.2) is 5.16 Å². The van der Waals surface area contributed by atoms with Gasteiger partial charge in [0.1, 0.15) is 0 Å². The van der Waals surface area contributed by atoms with Crippen molar-refractivity contribution < 1.29 is 4.79 Å². The quantitative estimate of drug-likeness (QED) is 0.589. The van der Waals surface area contributed by atoms with Gasteiger partial charge >= 0.3 is 0 Å². The first-order chi connectivity index (χ1) is 11.7. The zero-order valence-corrected chi connectivity index (χ0v) is 15.8. The fraction of sp³-hybridized carbons (Fsp3) is 0.389. The van der Waals surface area contributed by atoms with Crippen LogP contribution in [0.5, 0.6) is 0 Å². The standard InChI is InChI=1S/C18H20BrN3OS/c19-14-8-6-13(7-9-14)16-10-11-20-18(22-16)24-12-17(23)21-15-4-2-1-3-5-15/h6-11,15H,1-5,12H2,(H,21,23). The van der Waals surface area contributed by atoms with Crippen LogP contribution in [0, 0.1) is 0 Å². The van der Waals surface area contributed by atoms with Crippen molar-refractivity contribution in [3.05, 3.63) is 41.0 Å². The van der Waals surface area contributed by atoms with E-state index >= 15 is 0 Å². The largest absolute Gasteiger partial charge is 0.353 e. The number of amides is 1. The Hall–Kier alpha value is -1.40. The number of hydrogen-bond acceptors (Lipinski definition) is 4. The third-order valence-electron chi connectivity index (χ3n) is 4.08. The molecule has 1 fully saturated rings. The highest BCUT2D eigenvalue weighted by atomic mass is 79.9. The molecule has 0 radical (unpaired) electrons. The molecule has 4 nitrogen and oxygen atoms in total. The lowest BCUT2D eigenvalue weighted by Crippen LogP contribution is -2.37. The summed E-state index contributed by atoms with van der Waals surface area (Å²) in [5.74, 6) is 0.435. The summed E-state index contributed by atoms with van der Waals surface area (Å²) in [6.07, 6.45) is 7.67. The van der Waals surface area contributed by atoms with Crippen LogP contribution in [0.1, 0.15) is 32.1 Å². The Labute approximate surface area is 155 Å². The topological polar surface area (TPSA) is 54.9 Å². The molecule has 3 rings (SSSR count). The number of benzene rings is 1. The Balaban J connectivity index is 1.56. The number of nitrogens with zero attached hydrogens (tertiary/aromatic N) is 2. The van der Waals surface area contributed by atoms with Crippen LogP contribution in [-0.4, -0.2) is 27.7 Å². The van der Waals surface area contributed by atoms with Gasteiger partial charge in [-0.3, -0.25) is 4.79 Å². The third kappa shape index (κ3) is 5.05. The van der Waals surface area contributed by atoms with Crippen molar-refractivity contribution >= 4 is 33.6 Å². The Morgan fingerprint density at radius 2 is 1.92 bits per heavy atom. The molecular formula is C18H20BrN3OS. The molecule has 24 heavy (non-hydrogen) atoms. The van der Waals surface area contributed by atoms with Gasteiger partial charge in [0, 0.05) is 22.3 Å². The number of aromatic nitrogens is 2. The molecule has 0 bridgehead atoms. The summed E-state index contributed by atoms with van der Waals surface area (Å²) >= 11 is 4.82. The van der Waals surface area contributed by atoms with Gasteiger partial charge in [0.25, 0.3) is 0 Å². The minimum absolute atomic E-state index is 0.0737. The van der Waals surface area contributed by atoms with Crippen molar-refractivity contribution in [2.45, 2.75) is 43.3 Å². The Kier molecular flexibility index (Phi) is 6.26. The second-order valence-corrected chi connectivity index (χ2v) is 7.78. The van der Waals surface area contributed by atoms with Crippen molar-refractivity contribution in [1.82, 2.24) is 15.3 Å². The van der Waals surface area contributed by atoms with Crippen LogP contribution in [0.4, 0.5) is 0 Å². The average Bonchev–Trinajstić information content (AvgIpc) is 2.62. The molecule has 1 amide bonds.